The zero-order valence-electron chi connectivity index (χ0n) is 17.4. The topological polar surface area (TPSA) is 90.3 Å². The zero-order chi connectivity index (χ0) is 22.1. The number of hydrogen-bond acceptors (Lipinski definition) is 5. The SMILES string of the molecule is Cn1c(C(=O)N2CCCC[C@@H]2c2ncc(Cc3cccc(Cl)c3)o2)cc(=O)n(C)c1=O. The van der Waals surface area contributed by atoms with Crippen LogP contribution >= 0.6 is 11.6 Å². The van der Waals surface area contributed by atoms with Crippen LogP contribution in [-0.2, 0) is 20.5 Å². The Hall–Kier alpha value is -3.13. The van der Waals surface area contributed by atoms with Gasteiger partial charge in [-0.3, -0.25) is 18.7 Å². The third kappa shape index (κ3) is 4.20. The first-order valence-electron chi connectivity index (χ1n) is 10.1. The van der Waals surface area contributed by atoms with Crippen LogP contribution in [0, 0.1) is 0 Å². The molecular weight excluding hydrogens is 420 g/mol. The highest BCUT2D eigenvalue weighted by Crippen LogP contribution is 2.32. The lowest BCUT2D eigenvalue weighted by Gasteiger charge is -2.34. The quantitative estimate of drug-likeness (QED) is 0.619. The maximum atomic E-state index is 13.3. The highest BCUT2D eigenvalue weighted by Gasteiger charge is 2.33. The smallest absolute Gasteiger partial charge is 0.331 e. The van der Waals surface area contributed by atoms with Gasteiger partial charge in [-0.2, -0.15) is 0 Å². The van der Waals surface area contributed by atoms with Crippen molar-refractivity contribution in [1.82, 2.24) is 19.0 Å². The Labute approximate surface area is 183 Å². The first-order chi connectivity index (χ1) is 14.8. The third-order valence-corrected chi connectivity index (χ3v) is 5.87. The van der Waals surface area contributed by atoms with Crippen molar-refractivity contribution in [3.05, 3.63) is 85.3 Å². The highest BCUT2D eigenvalue weighted by atomic mass is 35.5. The molecule has 2 aromatic heterocycles. The molecule has 3 aromatic rings. The first-order valence-corrected chi connectivity index (χ1v) is 10.5. The molecule has 3 heterocycles. The molecule has 0 aliphatic carbocycles. The molecule has 1 aliphatic rings. The number of hydrogen-bond donors (Lipinski definition) is 0. The average molecular weight is 443 g/mol. The van der Waals surface area contributed by atoms with Gasteiger partial charge in [-0.15, -0.1) is 0 Å². The van der Waals surface area contributed by atoms with E-state index in [4.69, 9.17) is 16.0 Å². The van der Waals surface area contributed by atoms with Gasteiger partial charge in [0.2, 0.25) is 5.89 Å². The van der Waals surface area contributed by atoms with Crippen molar-refractivity contribution in [1.29, 1.82) is 0 Å². The molecule has 1 aromatic carbocycles. The number of piperidine rings is 1. The summed E-state index contributed by atoms with van der Waals surface area (Å²) in [5, 5.41) is 0.654. The minimum atomic E-state index is -0.538. The van der Waals surface area contributed by atoms with Gasteiger partial charge in [0.1, 0.15) is 17.5 Å². The fraction of sp³-hybridized carbons (Fsp3) is 0.364. The molecular formula is C22H23ClN4O4. The fourth-order valence-electron chi connectivity index (χ4n) is 3.92. The molecule has 4 rings (SSSR count). The van der Waals surface area contributed by atoms with E-state index in [0.717, 1.165) is 23.0 Å². The zero-order valence-corrected chi connectivity index (χ0v) is 18.1. The predicted octanol–water partition coefficient (Wildman–Crippen LogP) is 2.68. The number of carbonyl (C=O) groups excluding carboxylic acids is 1. The fourth-order valence-corrected chi connectivity index (χ4v) is 4.14. The summed E-state index contributed by atoms with van der Waals surface area (Å²) in [6.45, 7) is 0.499. The minimum absolute atomic E-state index is 0.0608. The minimum Gasteiger partial charge on any atom is -0.443 e. The van der Waals surface area contributed by atoms with Crippen molar-refractivity contribution in [3.8, 4) is 0 Å². The van der Waals surface area contributed by atoms with Gasteiger partial charge >= 0.3 is 5.69 Å². The van der Waals surface area contributed by atoms with Gasteiger partial charge in [0.05, 0.1) is 6.20 Å². The van der Waals surface area contributed by atoms with Crippen molar-refractivity contribution >= 4 is 17.5 Å². The Morgan fingerprint density at radius 1 is 1.19 bits per heavy atom. The molecule has 9 heteroatoms. The van der Waals surface area contributed by atoms with E-state index >= 15 is 0 Å². The summed E-state index contributed by atoms with van der Waals surface area (Å²) in [4.78, 5) is 43.7. The second kappa shape index (κ2) is 8.55. The number of halogens is 1. The van der Waals surface area contributed by atoms with Crippen molar-refractivity contribution in [2.75, 3.05) is 6.54 Å². The Balaban J connectivity index is 1.61. The van der Waals surface area contributed by atoms with Crippen LogP contribution in [0.25, 0.3) is 0 Å². The van der Waals surface area contributed by atoms with E-state index in [1.54, 1.807) is 11.1 Å². The summed E-state index contributed by atoms with van der Waals surface area (Å²) in [6.07, 6.45) is 4.66. The van der Waals surface area contributed by atoms with Crippen molar-refractivity contribution in [3.63, 3.8) is 0 Å². The lowest BCUT2D eigenvalue weighted by molar-refractivity contribution is 0.0557. The van der Waals surface area contributed by atoms with E-state index in [-0.39, 0.29) is 17.6 Å². The van der Waals surface area contributed by atoms with E-state index in [2.05, 4.69) is 4.98 Å². The van der Waals surface area contributed by atoms with Crippen LogP contribution in [0.2, 0.25) is 5.02 Å². The summed E-state index contributed by atoms with van der Waals surface area (Å²) in [7, 11) is 2.87. The van der Waals surface area contributed by atoms with Crippen LogP contribution in [0.5, 0.6) is 0 Å². The molecule has 0 N–H and O–H groups in total. The maximum Gasteiger partial charge on any atom is 0.331 e. The molecule has 1 saturated heterocycles. The number of nitrogens with zero attached hydrogens (tertiary/aromatic N) is 4. The molecule has 0 unspecified atom stereocenters. The van der Waals surface area contributed by atoms with Crippen molar-refractivity contribution < 1.29 is 9.21 Å². The van der Waals surface area contributed by atoms with Crippen LogP contribution < -0.4 is 11.2 Å². The van der Waals surface area contributed by atoms with Gasteiger partial charge in [0.15, 0.2) is 0 Å². The van der Waals surface area contributed by atoms with Gasteiger partial charge in [0.25, 0.3) is 11.5 Å². The first kappa shape index (κ1) is 21.1. The molecule has 0 radical (unpaired) electrons. The largest absolute Gasteiger partial charge is 0.443 e. The number of oxazole rings is 1. The summed E-state index contributed by atoms with van der Waals surface area (Å²) < 4.78 is 8.17. The Bertz CT molecular complexity index is 1240. The van der Waals surface area contributed by atoms with Gasteiger partial charge in [-0.05, 0) is 37.0 Å². The number of benzene rings is 1. The monoisotopic (exact) mass is 442 g/mol. The van der Waals surface area contributed by atoms with Crippen LogP contribution in [0.3, 0.4) is 0 Å². The number of carbonyl (C=O) groups is 1. The standard InChI is InChI=1S/C22H23ClN4O4/c1-25-18(12-19(28)26(2)22(25)30)21(29)27-9-4-3-8-17(27)20-24-13-16(31-20)11-14-6-5-7-15(23)10-14/h5-7,10,12-13,17H,3-4,8-9,11H2,1-2H3/t17-/m1/s1. The van der Waals surface area contributed by atoms with Crippen LogP contribution in [0.15, 0.2) is 50.5 Å². The van der Waals surface area contributed by atoms with E-state index in [9.17, 15) is 14.4 Å². The normalized spacial score (nSPS) is 16.5. The molecule has 8 nitrogen and oxygen atoms in total. The lowest BCUT2D eigenvalue weighted by Crippen LogP contribution is -2.44. The van der Waals surface area contributed by atoms with Crippen LogP contribution in [-0.4, -0.2) is 31.5 Å². The molecule has 1 amide bonds. The Morgan fingerprint density at radius 2 is 2.00 bits per heavy atom. The summed E-state index contributed by atoms with van der Waals surface area (Å²) in [5.41, 5.74) is 0.0110. The summed E-state index contributed by atoms with van der Waals surface area (Å²) in [6, 6.07) is 8.37. The van der Waals surface area contributed by atoms with Gasteiger partial charge in [-0.25, -0.2) is 9.78 Å². The Morgan fingerprint density at radius 3 is 2.77 bits per heavy atom. The Kier molecular flexibility index (Phi) is 5.82. The molecule has 1 aliphatic heterocycles. The van der Waals surface area contributed by atoms with Crippen LogP contribution in [0.4, 0.5) is 0 Å². The van der Waals surface area contributed by atoms with E-state index in [1.165, 1.54) is 24.7 Å². The second-order valence-corrected chi connectivity index (χ2v) is 8.19. The molecule has 0 saturated carbocycles. The van der Waals surface area contributed by atoms with Gasteiger partial charge in [0, 0.05) is 38.1 Å². The van der Waals surface area contributed by atoms with E-state index in [0.29, 0.717) is 36.1 Å². The molecule has 1 fully saturated rings. The van der Waals surface area contributed by atoms with Crippen molar-refractivity contribution in [2.45, 2.75) is 31.7 Å². The molecule has 1 atom stereocenters. The van der Waals surface area contributed by atoms with E-state index in [1.807, 2.05) is 24.3 Å². The van der Waals surface area contributed by atoms with Gasteiger partial charge in [-0.1, -0.05) is 23.7 Å². The molecule has 162 valence electrons. The maximum absolute atomic E-state index is 13.3. The average Bonchev–Trinajstić information content (AvgIpc) is 3.22. The van der Waals surface area contributed by atoms with E-state index < -0.39 is 11.2 Å². The van der Waals surface area contributed by atoms with Crippen LogP contribution in [0.1, 0.15) is 53.0 Å². The lowest BCUT2D eigenvalue weighted by atomic mass is 10.0. The van der Waals surface area contributed by atoms with Crippen molar-refractivity contribution in [2.24, 2.45) is 14.1 Å². The molecule has 31 heavy (non-hydrogen) atoms. The summed E-state index contributed by atoms with van der Waals surface area (Å²) in [5.74, 6) is 0.756. The third-order valence-electron chi connectivity index (χ3n) is 5.63. The molecule has 0 spiro atoms. The molecule has 0 bridgehead atoms. The predicted molar refractivity (Wildman–Crippen MR) is 115 cm³/mol. The number of amides is 1. The highest BCUT2D eigenvalue weighted by molar-refractivity contribution is 6.30. The number of rotatable bonds is 4. The second-order valence-electron chi connectivity index (χ2n) is 7.75. The summed E-state index contributed by atoms with van der Waals surface area (Å²) >= 11 is 6.06. The van der Waals surface area contributed by atoms with Gasteiger partial charge < -0.3 is 9.32 Å². The number of aromatic nitrogens is 3. The number of likely N-dealkylation sites (tertiary alicyclic amines) is 1.